The van der Waals surface area contributed by atoms with Gasteiger partial charge < -0.3 is 14.6 Å². The second kappa shape index (κ2) is 11.1. The third kappa shape index (κ3) is 7.46. The van der Waals surface area contributed by atoms with Crippen LogP contribution in [0.5, 0.6) is 5.75 Å². The third-order valence-electron chi connectivity index (χ3n) is 3.68. The summed E-state index contributed by atoms with van der Waals surface area (Å²) in [6.07, 6.45) is 6.72. The Morgan fingerprint density at radius 2 is 1.91 bits per heavy atom. The van der Waals surface area contributed by atoms with E-state index in [-0.39, 0.29) is 0 Å². The fraction of sp³-hybridized carbons (Fsp3) is 0.611. The van der Waals surface area contributed by atoms with Crippen LogP contribution in [0.2, 0.25) is 0 Å². The number of hydrogen-bond donors (Lipinski definition) is 1. The monoisotopic (exact) mass is 308 g/mol. The molecule has 4 nitrogen and oxygen atoms in total. The third-order valence-corrected chi connectivity index (χ3v) is 3.68. The van der Waals surface area contributed by atoms with Crippen LogP contribution in [0.15, 0.2) is 24.3 Å². The first kappa shape index (κ1) is 18.5. The number of carboxylic acids is 1. The number of benzene rings is 1. The molecule has 0 amide bonds. The minimum Gasteiger partial charge on any atom is -0.497 e. The second-order valence-corrected chi connectivity index (χ2v) is 5.55. The summed E-state index contributed by atoms with van der Waals surface area (Å²) in [5, 5.41) is 9.24. The summed E-state index contributed by atoms with van der Waals surface area (Å²) in [4.78, 5) is 11.3. The predicted octanol–water partition coefficient (Wildman–Crippen LogP) is 4.42. The highest BCUT2D eigenvalue weighted by atomic mass is 16.5. The van der Waals surface area contributed by atoms with Gasteiger partial charge in [0.15, 0.2) is 6.10 Å². The number of ether oxygens (including phenoxy) is 2. The maximum absolute atomic E-state index is 11.3. The lowest BCUT2D eigenvalue weighted by atomic mass is 10.1. The van der Waals surface area contributed by atoms with Crippen molar-refractivity contribution < 1.29 is 19.4 Å². The maximum Gasteiger partial charge on any atom is 0.332 e. The van der Waals surface area contributed by atoms with Crippen molar-refractivity contribution in [2.24, 2.45) is 0 Å². The van der Waals surface area contributed by atoms with Crippen molar-refractivity contribution >= 4 is 5.97 Å². The van der Waals surface area contributed by atoms with Gasteiger partial charge in [-0.15, -0.1) is 0 Å². The van der Waals surface area contributed by atoms with Crippen LogP contribution in [0.3, 0.4) is 0 Å². The molecule has 1 aromatic rings. The predicted molar refractivity (Wildman–Crippen MR) is 87.2 cm³/mol. The average molecular weight is 308 g/mol. The fourth-order valence-electron chi connectivity index (χ4n) is 2.35. The maximum atomic E-state index is 11.3. The number of hydrogen-bond acceptors (Lipinski definition) is 3. The molecule has 1 aromatic carbocycles. The Kier molecular flexibility index (Phi) is 9.31. The molecule has 0 spiro atoms. The van der Waals surface area contributed by atoms with E-state index in [0.29, 0.717) is 13.0 Å². The fourth-order valence-corrected chi connectivity index (χ4v) is 2.35. The molecule has 22 heavy (non-hydrogen) atoms. The first-order chi connectivity index (χ1) is 10.7. The molecule has 0 bridgehead atoms. The lowest BCUT2D eigenvalue weighted by Gasteiger charge is -2.14. The molecule has 1 atom stereocenters. The molecule has 0 radical (unpaired) electrons. The van der Waals surface area contributed by atoms with Crippen molar-refractivity contribution in [2.75, 3.05) is 7.11 Å². The van der Waals surface area contributed by atoms with E-state index < -0.39 is 12.1 Å². The average Bonchev–Trinajstić information content (AvgIpc) is 2.53. The van der Waals surface area contributed by atoms with Gasteiger partial charge in [-0.1, -0.05) is 57.6 Å². The van der Waals surface area contributed by atoms with Gasteiger partial charge in [0, 0.05) is 0 Å². The smallest absolute Gasteiger partial charge is 0.332 e. The molecule has 124 valence electrons. The molecule has 1 unspecified atom stereocenters. The van der Waals surface area contributed by atoms with E-state index in [1.54, 1.807) is 7.11 Å². The van der Waals surface area contributed by atoms with Crippen molar-refractivity contribution in [1.29, 1.82) is 0 Å². The van der Waals surface area contributed by atoms with E-state index in [1.165, 1.54) is 25.7 Å². The van der Waals surface area contributed by atoms with Crippen molar-refractivity contribution in [3.63, 3.8) is 0 Å². The Hall–Kier alpha value is -1.55. The van der Waals surface area contributed by atoms with Crippen molar-refractivity contribution in [2.45, 2.75) is 64.6 Å². The number of aliphatic carboxylic acids is 1. The van der Waals surface area contributed by atoms with Crippen LogP contribution in [0.4, 0.5) is 0 Å². The van der Waals surface area contributed by atoms with Crippen LogP contribution in [0.25, 0.3) is 0 Å². The van der Waals surface area contributed by atoms with E-state index in [4.69, 9.17) is 9.47 Å². The van der Waals surface area contributed by atoms with Crippen LogP contribution in [-0.4, -0.2) is 24.3 Å². The largest absolute Gasteiger partial charge is 0.497 e. The number of unbranched alkanes of at least 4 members (excludes halogenated alkanes) is 5. The first-order valence-electron chi connectivity index (χ1n) is 8.14. The van der Waals surface area contributed by atoms with Crippen molar-refractivity contribution in [1.82, 2.24) is 0 Å². The second-order valence-electron chi connectivity index (χ2n) is 5.55. The first-order valence-corrected chi connectivity index (χ1v) is 8.14. The molecule has 1 rings (SSSR count). The molecule has 0 aliphatic heterocycles. The van der Waals surface area contributed by atoms with Gasteiger partial charge in [0.2, 0.25) is 0 Å². The van der Waals surface area contributed by atoms with Gasteiger partial charge in [0.05, 0.1) is 13.7 Å². The molecule has 0 fully saturated rings. The van der Waals surface area contributed by atoms with E-state index in [0.717, 1.165) is 24.2 Å². The SMILES string of the molecule is CCCCCCCCC(OCc1cccc(OC)c1)C(=O)O. The minimum absolute atomic E-state index is 0.296. The van der Waals surface area contributed by atoms with Crippen molar-refractivity contribution in [3.8, 4) is 5.75 Å². The Morgan fingerprint density at radius 3 is 2.59 bits per heavy atom. The molecule has 0 saturated carbocycles. The summed E-state index contributed by atoms with van der Waals surface area (Å²) < 4.78 is 10.7. The van der Waals surface area contributed by atoms with Crippen LogP contribution in [0, 0.1) is 0 Å². The lowest BCUT2D eigenvalue weighted by molar-refractivity contribution is -0.151. The molecule has 0 aliphatic carbocycles. The number of rotatable bonds is 12. The Labute approximate surface area is 133 Å². The molecule has 0 heterocycles. The molecule has 0 saturated heterocycles. The summed E-state index contributed by atoms with van der Waals surface area (Å²) in [6.45, 7) is 2.48. The van der Waals surface area contributed by atoms with Crippen LogP contribution >= 0.6 is 0 Å². The van der Waals surface area contributed by atoms with Crippen LogP contribution < -0.4 is 4.74 Å². The van der Waals surface area contributed by atoms with E-state index in [9.17, 15) is 9.90 Å². The molecule has 1 N–H and O–H groups in total. The highest BCUT2D eigenvalue weighted by Crippen LogP contribution is 2.16. The van der Waals surface area contributed by atoms with Gasteiger partial charge in [-0.2, -0.15) is 0 Å². The number of carboxylic acid groups (broad SMARTS) is 1. The molecular weight excluding hydrogens is 280 g/mol. The summed E-state index contributed by atoms with van der Waals surface area (Å²) in [7, 11) is 1.61. The van der Waals surface area contributed by atoms with Gasteiger partial charge in [-0.3, -0.25) is 0 Å². The Balaban J connectivity index is 2.32. The van der Waals surface area contributed by atoms with Crippen LogP contribution in [0.1, 0.15) is 57.4 Å². The molecule has 0 aromatic heterocycles. The molecular formula is C18H28O4. The normalized spacial score (nSPS) is 12.1. The zero-order valence-electron chi connectivity index (χ0n) is 13.7. The van der Waals surface area contributed by atoms with E-state index in [2.05, 4.69) is 6.92 Å². The summed E-state index contributed by atoms with van der Waals surface area (Å²) in [5.74, 6) is -0.125. The molecule has 0 aliphatic rings. The lowest BCUT2D eigenvalue weighted by Crippen LogP contribution is -2.23. The highest BCUT2D eigenvalue weighted by Gasteiger charge is 2.17. The summed E-state index contributed by atoms with van der Waals surface area (Å²) >= 11 is 0. The zero-order chi connectivity index (χ0) is 16.2. The number of carbonyl (C=O) groups is 1. The van der Waals surface area contributed by atoms with Gasteiger partial charge in [-0.25, -0.2) is 4.79 Å². The Morgan fingerprint density at radius 1 is 1.18 bits per heavy atom. The van der Waals surface area contributed by atoms with Crippen LogP contribution in [-0.2, 0) is 16.1 Å². The minimum atomic E-state index is -0.878. The van der Waals surface area contributed by atoms with Gasteiger partial charge in [-0.05, 0) is 24.1 Å². The molecule has 4 heteroatoms. The number of methoxy groups -OCH3 is 1. The van der Waals surface area contributed by atoms with Gasteiger partial charge >= 0.3 is 5.97 Å². The topological polar surface area (TPSA) is 55.8 Å². The Bertz CT molecular complexity index is 431. The van der Waals surface area contributed by atoms with Gasteiger partial charge in [0.25, 0.3) is 0 Å². The summed E-state index contributed by atoms with van der Waals surface area (Å²) in [6, 6.07) is 7.51. The quantitative estimate of drug-likeness (QED) is 0.581. The van der Waals surface area contributed by atoms with E-state index in [1.807, 2.05) is 24.3 Å². The highest BCUT2D eigenvalue weighted by molar-refractivity contribution is 5.72. The van der Waals surface area contributed by atoms with E-state index >= 15 is 0 Å². The standard InChI is InChI=1S/C18H28O4/c1-3-4-5-6-7-8-12-17(18(19)20)22-14-15-10-9-11-16(13-15)21-2/h9-11,13,17H,3-8,12,14H2,1-2H3,(H,19,20). The van der Waals surface area contributed by atoms with Crippen molar-refractivity contribution in [3.05, 3.63) is 29.8 Å². The summed E-state index contributed by atoms with van der Waals surface area (Å²) in [5.41, 5.74) is 0.925. The van der Waals surface area contributed by atoms with Gasteiger partial charge in [0.1, 0.15) is 5.75 Å². The zero-order valence-corrected chi connectivity index (χ0v) is 13.7.